The molecule has 0 saturated carbocycles. The van der Waals surface area contributed by atoms with E-state index in [2.05, 4.69) is 22.6 Å². The average Bonchev–Trinajstić information content (AvgIpc) is 3.51. The molecule has 34 heavy (non-hydrogen) atoms. The largest absolute Gasteiger partial charge is 0.467 e. The highest BCUT2D eigenvalue weighted by atomic mass is 16.3. The van der Waals surface area contributed by atoms with E-state index in [0.29, 0.717) is 12.3 Å². The Morgan fingerprint density at radius 3 is 2.65 bits per heavy atom. The minimum absolute atomic E-state index is 0.00191. The quantitative estimate of drug-likeness (QED) is 0.387. The van der Waals surface area contributed by atoms with Crippen molar-refractivity contribution in [1.29, 1.82) is 0 Å². The van der Waals surface area contributed by atoms with Crippen molar-refractivity contribution < 1.29 is 14.0 Å². The molecule has 0 bridgehead atoms. The molecule has 0 spiro atoms. The zero-order valence-electron chi connectivity index (χ0n) is 19.5. The predicted octanol–water partition coefficient (Wildman–Crippen LogP) is 4.02. The van der Waals surface area contributed by atoms with Gasteiger partial charge in [-0.15, -0.1) is 5.10 Å². The number of amides is 2. The fourth-order valence-electron chi connectivity index (χ4n) is 4.01. The van der Waals surface area contributed by atoms with Gasteiger partial charge >= 0.3 is 0 Å². The van der Waals surface area contributed by atoms with Crippen LogP contribution < -0.4 is 5.32 Å². The fraction of sp³-hybridized carbons (Fsp3) is 0.308. The summed E-state index contributed by atoms with van der Waals surface area (Å²) in [6.45, 7) is 4.72. The molecule has 2 heterocycles. The van der Waals surface area contributed by atoms with E-state index in [-0.39, 0.29) is 24.9 Å². The van der Waals surface area contributed by atoms with Gasteiger partial charge < -0.3 is 14.6 Å². The number of hydrogen-bond acceptors (Lipinski definition) is 5. The number of nitrogens with zero attached hydrogens (tertiary/aromatic N) is 4. The molecule has 4 rings (SSSR count). The van der Waals surface area contributed by atoms with Gasteiger partial charge in [-0.3, -0.25) is 9.59 Å². The molecule has 2 aromatic heterocycles. The van der Waals surface area contributed by atoms with Crippen LogP contribution in [0.3, 0.4) is 0 Å². The lowest BCUT2D eigenvalue weighted by atomic mass is 9.98. The number of aromatic nitrogens is 3. The van der Waals surface area contributed by atoms with Crippen molar-refractivity contribution in [3.63, 3.8) is 0 Å². The molecular weight excluding hydrogens is 430 g/mol. The predicted molar refractivity (Wildman–Crippen MR) is 129 cm³/mol. The Balaban J connectivity index is 1.65. The molecule has 0 saturated heterocycles. The van der Waals surface area contributed by atoms with Crippen LogP contribution in [0.4, 0.5) is 0 Å². The Bertz CT molecular complexity index is 1250. The SMILES string of the molecule is CCCCN(C(=O)Cn1nnc2ccccc21)[C@H](C(=O)NCc1ccco1)c1ccccc1C. The Hall–Kier alpha value is -3.94. The highest BCUT2D eigenvalue weighted by Crippen LogP contribution is 2.26. The molecule has 0 fully saturated rings. The summed E-state index contributed by atoms with van der Waals surface area (Å²) in [5.74, 6) is 0.210. The molecule has 8 nitrogen and oxygen atoms in total. The molecule has 0 aliphatic heterocycles. The lowest BCUT2D eigenvalue weighted by molar-refractivity contribution is -0.141. The van der Waals surface area contributed by atoms with Crippen LogP contribution in [0.5, 0.6) is 0 Å². The monoisotopic (exact) mass is 459 g/mol. The summed E-state index contributed by atoms with van der Waals surface area (Å²) in [6, 6.07) is 18.0. The molecule has 2 amide bonds. The Morgan fingerprint density at radius 1 is 1.09 bits per heavy atom. The first-order chi connectivity index (χ1) is 16.6. The van der Waals surface area contributed by atoms with Crippen molar-refractivity contribution in [2.75, 3.05) is 6.54 Å². The van der Waals surface area contributed by atoms with Crippen molar-refractivity contribution in [2.45, 2.75) is 45.8 Å². The topological polar surface area (TPSA) is 93.3 Å². The van der Waals surface area contributed by atoms with Gasteiger partial charge in [0.05, 0.1) is 18.3 Å². The molecule has 0 aliphatic rings. The Labute approximate surface area is 198 Å². The van der Waals surface area contributed by atoms with Gasteiger partial charge in [0, 0.05) is 6.54 Å². The lowest BCUT2D eigenvalue weighted by Gasteiger charge is -2.32. The lowest BCUT2D eigenvalue weighted by Crippen LogP contribution is -2.45. The zero-order valence-corrected chi connectivity index (χ0v) is 19.5. The highest BCUT2D eigenvalue weighted by molar-refractivity contribution is 5.89. The maximum absolute atomic E-state index is 13.7. The second-order valence-electron chi connectivity index (χ2n) is 8.23. The third-order valence-corrected chi connectivity index (χ3v) is 5.84. The van der Waals surface area contributed by atoms with Gasteiger partial charge in [-0.05, 0) is 48.7 Å². The number of aryl methyl sites for hydroxylation is 1. The van der Waals surface area contributed by atoms with Crippen molar-refractivity contribution in [2.24, 2.45) is 0 Å². The molecule has 1 atom stereocenters. The smallest absolute Gasteiger partial charge is 0.247 e. The van der Waals surface area contributed by atoms with Crippen LogP contribution >= 0.6 is 0 Å². The number of hydrogen-bond donors (Lipinski definition) is 1. The molecule has 1 N–H and O–H groups in total. The summed E-state index contributed by atoms with van der Waals surface area (Å²) in [4.78, 5) is 28.9. The summed E-state index contributed by atoms with van der Waals surface area (Å²) >= 11 is 0. The molecule has 176 valence electrons. The number of rotatable bonds is 10. The number of para-hydroxylation sites is 1. The molecule has 0 unspecified atom stereocenters. The van der Waals surface area contributed by atoms with Gasteiger partial charge in [0.2, 0.25) is 11.8 Å². The summed E-state index contributed by atoms with van der Waals surface area (Å²) in [6.07, 6.45) is 3.24. The number of carbonyl (C=O) groups is 2. The summed E-state index contributed by atoms with van der Waals surface area (Å²) < 4.78 is 6.95. The van der Waals surface area contributed by atoms with Crippen LogP contribution in [0.15, 0.2) is 71.3 Å². The van der Waals surface area contributed by atoms with Gasteiger partial charge in [0.15, 0.2) is 0 Å². The van der Waals surface area contributed by atoms with E-state index < -0.39 is 6.04 Å². The number of unbranched alkanes of at least 4 members (excludes halogenated alkanes) is 1. The van der Waals surface area contributed by atoms with Crippen LogP contribution in [0.1, 0.15) is 42.7 Å². The van der Waals surface area contributed by atoms with Crippen LogP contribution in [0, 0.1) is 6.92 Å². The summed E-state index contributed by atoms with van der Waals surface area (Å²) in [5, 5.41) is 11.3. The summed E-state index contributed by atoms with van der Waals surface area (Å²) in [7, 11) is 0. The average molecular weight is 460 g/mol. The van der Waals surface area contributed by atoms with E-state index in [9.17, 15) is 9.59 Å². The molecular formula is C26H29N5O3. The number of benzene rings is 2. The van der Waals surface area contributed by atoms with E-state index in [0.717, 1.165) is 35.0 Å². The summed E-state index contributed by atoms with van der Waals surface area (Å²) in [5.41, 5.74) is 3.25. The third-order valence-electron chi connectivity index (χ3n) is 5.84. The first-order valence-electron chi connectivity index (χ1n) is 11.5. The molecule has 0 radical (unpaired) electrons. The van der Waals surface area contributed by atoms with Gasteiger partial charge in [-0.25, -0.2) is 4.68 Å². The van der Waals surface area contributed by atoms with Crippen LogP contribution in [0.2, 0.25) is 0 Å². The minimum Gasteiger partial charge on any atom is -0.467 e. The van der Waals surface area contributed by atoms with Crippen LogP contribution in [0.25, 0.3) is 11.0 Å². The zero-order chi connectivity index (χ0) is 23.9. The van der Waals surface area contributed by atoms with Crippen LogP contribution in [-0.4, -0.2) is 38.3 Å². The molecule has 0 aliphatic carbocycles. The van der Waals surface area contributed by atoms with Crippen molar-refractivity contribution in [3.05, 3.63) is 83.8 Å². The Kier molecular flexibility index (Phi) is 7.37. The minimum atomic E-state index is -0.773. The normalized spacial score (nSPS) is 11.9. The van der Waals surface area contributed by atoms with E-state index in [1.165, 1.54) is 0 Å². The highest BCUT2D eigenvalue weighted by Gasteiger charge is 2.32. The maximum Gasteiger partial charge on any atom is 0.247 e. The number of carbonyl (C=O) groups excluding carboxylic acids is 2. The van der Waals surface area contributed by atoms with Gasteiger partial charge in [0.1, 0.15) is 23.9 Å². The maximum atomic E-state index is 13.7. The number of nitrogens with one attached hydrogen (secondary N) is 1. The molecule has 2 aromatic carbocycles. The second-order valence-corrected chi connectivity index (χ2v) is 8.23. The first kappa shape index (κ1) is 23.2. The van der Waals surface area contributed by atoms with E-state index in [1.54, 1.807) is 28.0 Å². The Morgan fingerprint density at radius 2 is 1.88 bits per heavy atom. The number of fused-ring (bicyclic) bond motifs is 1. The van der Waals surface area contributed by atoms with Gasteiger partial charge in [-0.1, -0.05) is 55.0 Å². The fourth-order valence-corrected chi connectivity index (χ4v) is 4.01. The van der Waals surface area contributed by atoms with Crippen LogP contribution in [-0.2, 0) is 22.7 Å². The van der Waals surface area contributed by atoms with Crippen molar-refractivity contribution >= 4 is 22.8 Å². The second kappa shape index (κ2) is 10.8. The van der Waals surface area contributed by atoms with E-state index in [1.807, 2.05) is 55.5 Å². The van der Waals surface area contributed by atoms with Crippen molar-refractivity contribution in [3.8, 4) is 0 Å². The van der Waals surface area contributed by atoms with E-state index >= 15 is 0 Å². The van der Waals surface area contributed by atoms with Gasteiger partial charge in [0.25, 0.3) is 0 Å². The van der Waals surface area contributed by atoms with Gasteiger partial charge in [-0.2, -0.15) is 0 Å². The van der Waals surface area contributed by atoms with E-state index in [4.69, 9.17) is 4.42 Å². The molecule has 8 heteroatoms. The standard InChI is InChI=1S/C26H29N5O3/c1-3-4-15-30(24(32)18-31-23-14-8-7-13-22(23)28-29-31)25(21-12-6-5-10-19(21)2)26(33)27-17-20-11-9-16-34-20/h5-14,16,25H,3-4,15,17-18H2,1-2H3,(H,27,33)/t25-/m0/s1. The molecule has 4 aromatic rings. The third kappa shape index (κ3) is 5.17. The first-order valence-corrected chi connectivity index (χ1v) is 11.5. The van der Waals surface area contributed by atoms with Crippen molar-refractivity contribution in [1.82, 2.24) is 25.2 Å². The number of furan rings is 1.